The first-order chi connectivity index (χ1) is 10.6. The van der Waals surface area contributed by atoms with Crippen LogP contribution in [-0.4, -0.2) is 21.6 Å². The molecule has 1 amide bonds. The summed E-state index contributed by atoms with van der Waals surface area (Å²) in [5.41, 5.74) is 14.7. The van der Waals surface area contributed by atoms with E-state index in [1.54, 1.807) is 0 Å². The summed E-state index contributed by atoms with van der Waals surface area (Å²) >= 11 is 1.21. The molecule has 0 atom stereocenters. The molecule has 0 spiro atoms. The van der Waals surface area contributed by atoms with Crippen molar-refractivity contribution < 1.29 is 4.79 Å². The summed E-state index contributed by atoms with van der Waals surface area (Å²) in [7, 11) is 0. The number of nitrogen functional groups attached to an aromatic ring is 2. The maximum absolute atomic E-state index is 12.0. The molecule has 7 heteroatoms. The van der Waals surface area contributed by atoms with E-state index in [-0.39, 0.29) is 11.7 Å². The Morgan fingerprint density at radius 2 is 1.86 bits per heavy atom. The number of hydrogen-bond acceptors (Lipinski definition) is 6. The summed E-state index contributed by atoms with van der Waals surface area (Å²) in [5.74, 6) is 0.704. The lowest BCUT2D eigenvalue weighted by atomic mass is 10.1. The van der Waals surface area contributed by atoms with Crippen molar-refractivity contribution in [1.29, 1.82) is 0 Å². The van der Waals surface area contributed by atoms with Crippen molar-refractivity contribution in [3.63, 3.8) is 0 Å². The standard InChI is InChI=1S/C15H17N5OS/c16-12-7-13(17)20-15(19-12)22-8-14(21)18-11-5-4-9-2-1-3-10(9)6-11/h4-7H,1-3,8H2,(H,18,21)(H4,16,17,19,20). The number of carbonyl (C=O) groups excluding carboxylic acids is 1. The summed E-state index contributed by atoms with van der Waals surface area (Å²) in [5, 5.41) is 3.30. The molecule has 0 radical (unpaired) electrons. The average molecular weight is 315 g/mol. The molecule has 0 bridgehead atoms. The number of benzene rings is 1. The number of hydrogen-bond donors (Lipinski definition) is 3. The third kappa shape index (κ3) is 3.48. The van der Waals surface area contributed by atoms with E-state index in [1.807, 2.05) is 6.07 Å². The van der Waals surface area contributed by atoms with E-state index < -0.39 is 0 Å². The molecule has 0 fully saturated rings. The summed E-state index contributed by atoms with van der Waals surface area (Å²) in [6.07, 6.45) is 3.41. The van der Waals surface area contributed by atoms with E-state index in [1.165, 1.54) is 35.4 Å². The molecule has 3 rings (SSSR count). The average Bonchev–Trinajstić information content (AvgIpc) is 2.92. The number of aryl methyl sites for hydroxylation is 2. The predicted molar refractivity (Wildman–Crippen MR) is 88.7 cm³/mol. The van der Waals surface area contributed by atoms with Crippen molar-refractivity contribution in [3.05, 3.63) is 35.4 Å². The highest BCUT2D eigenvalue weighted by atomic mass is 32.2. The summed E-state index contributed by atoms with van der Waals surface area (Å²) in [4.78, 5) is 20.1. The molecule has 2 aromatic rings. The van der Waals surface area contributed by atoms with Gasteiger partial charge >= 0.3 is 0 Å². The second-order valence-electron chi connectivity index (χ2n) is 5.17. The maximum Gasteiger partial charge on any atom is 0.234 e. The molecule has 0 saturated heterocycles. The third-order valence-corrected chi connectivity index (χ3v) is 4.31. The summed E-state index contributed by atoms with van der Waals surface area (Å²) in [6.45, 7) is 0. The van der Waals surface area contributed by atoms with Crippen LogP contribution in [0.3, 0.4) is 0 Å². The zero-order valence-electron chi connectivity index (χ0n) is 12.0. The van der Waals surface area contributed by atoms with Crippen LogP contribution in [0.1, 0.15) is 17.5 Å². The number of carbonyl (C=O) groups is 1. The fourth-order valence-electron chi connectivity index (χ4n) is 2.50. The Bertz CT molecular complexity index is 699. The molecule has 1 aromatic heterocycles. The van der Waals surface area contributed by atoms with Gasteiger partial charge in [-0.05, 0) is 42.5 Å². The summed E-state index contributed by atoms with van der Waals surface area (Å²) < 4.78 is 0. The smallest absolute Gasteiger partial charge is 0.234 e. The predicted octanol–water partition coefficient (Wildman–Crippen LogP) is 1.86. The molecule has 1 aromatic carbocycles. The Kier molecular flexibility index (Phi) is 4.15. The van der Waals surface area contributed by atoms with Crippen LogP contribution in [0, 0.1) is 0 Å². The first kappa shape index (κ1) is 14.6. The normalized spacial score (nSPS) is 12.9. The highest BCUT2D eigenvalue weighted by molar-refractivity contribution is 7.99. The number of amides is 1. The monoisotopic (exact) mass is 315 g/mol. The number of nitrogens with zero attached hydrogens (tertiary/aromatic N) is 2. The number of thioether (sulfide) groups is 1. The molecule has 5 N–H and O–H groups in total. The van der Waals surface area contributed by atoms with Crippen LogP contribution < -0.4 is 16.8 Å². The van der Waals surface area contributed by atoms with Crippen molar-refractivity contribution in [2.75, 3.05) is 22.5 Å². The lowest BCUT2D eigenvalue weighted by Crippen LogP contribution is -2.14. The minimum absolute atomic E-state index is 0.104. The van der Waals surface area contributed by atoms with Gasteiger partial charge in [0.1, 0.15) is 11.6 Å². The zero-order chi connectivity index (χ0) is 15.5. The van der Waals surface area contributed by atoms with E-state index >= 15 is 0 Å². The number of anilines is 3. The molecule has 1 aliphatic carbocycles. The third-order valence-electron chi connectivity index (χ3n) is 3.46. The van der Waals surface area contributed by atoms with Crippen LogP contribution in [0.15, 0.2) is 29.4 Å². The van der Waals surface area contributed by atoms with Crippen LogP contribution >= 0.6 is 11.8 Å². The van der Waals surface area contributed by atoms with Gasteiger partial charge < -0.3 is 16.8 Å². The lowest BCUT2D eigenvalue weighted by molar-refractivity contribution is -0.113. The van der Waals surface area contributed by atoms with E-state index in [2.05, 4.69) is 27.4 Å². The number of nitrogens with one attached hydrogen (secondary N) is 1. The minimum atomic E-state index is -0.104. The van der Waals surface area contributed by atoms with Gasteiger partial charge in [0.15, 0.2) is 5.16 Å². The first-order valence-corrected chi connectivity index (χ1v) is 8.03. The Labute approximate surface area is 132 Å². The van der Waals surface area contributed by atoms with Crippen LogP contribution in [0.25, 0.3) is 0 Å². The van der Waals surface area contributed by atoms with Crippen LogP contribution in [-0.2, 0) is 17.6 Å². The summed E-state index contributed by atoms with van der Waals surface area (Å²) in [6, 6.07) is 7.57. The van der Waals surface area contributed by atoms with Gasteiger partial charge in [0.2, 0.25) is 5.91 Å². The van der Waals surface area contributed by atoms with Gasteiger partial charge in [0, 0.05) is 11.8 Å². The lowest BCUT2D eigenvalue weighted by Gasteiger charge is -2.07. The topological polar surface area (TPSA) is 107 Å². The number of fused-ring (bicyclic) bond motifs is 1. The van der Waals surface area contributed by atoms with Gasteiger partial charge in [-0.15, -0.1) is 0 Å². The Morgan fingerprint density at radius 1 is 1.14 bits per heavy atom. The fourth-order valence-corrected chi connectivity index (χ4v) is 3.18. The highest BCUT2D eigenvalue weighted by Crippen LogP contribution is 2.25. The van der Waals surface area contributed by atoms with Crippen molar-refractivity contribution in [1.82, 2.24) is 9.97 Å². The highest BCUT2D eigenvalue weighted by Gasteiger charge is 2.12. The van der Waals surface area contributed by atoms with Crippen molar-refractivity contribution in [2.45, 2.75) is 24.4 Å². The number of rotatable bonds is 4. The molecular formula is C15H17N5OS. The maximum atomic E-state index is 12.0. The SMILES string of the molecule is Nc1cc(N)nc(SCC(=O)Nc2ccc3c(c2)CCC3)n1. The molecule has 114 valence electrons. The van der Waals surface area contributed by atoms with Gasteiger partial charge in [-0.1, -0.05) is 17.8 Å². The van der Waals surface area contributed by atoms with E-state index in [9.17, 15) is 4.79 Å². The molecule has 22 heavy (non-hydrogen) atoms. The largest absolute Gasteiger partial charge is 0.383 e. The van der Waals surface area contributed by atoms with Gasteiger partial charge in [0.05, 0.1) is 5.75 Å². The van der Waals surface area contributed by atoms with Crippen molar-refractivity contribution >= 4 is 35.0 Å². The van der Waals surface area contributed by atoms with E-state index in [4.69, 9.17) is 11.5 Å². The molecule has 0 saturated carbocycles. The van der Waals surface area contributed by atoms with Crippen LogP contribution in [0.2, 0.25) is 0 Å². The van der Waals surface area contributed by atoms with Gasteiger partial charge in [-0.25, -0.2) is 9.97 Å². The molecular weight excluding hydrogens is 298 g/mol. The van der Waals surface area contributed by atoms with E-state index in [0.717, 1.165) is 18.5 Å². The van der Waals surface area contributed by atoms with Crippen LogP contribution in [0.5, 0.6) is 0 Å². The number of nitrogens with two attached hydrogens (primary N) is 2. The van der Waals surface area contributed by atoms with Gasteiger partial charge in [-0.3, -0.25) is 4.79 Å². The number of aromatic nitrogens is 2. The minimum Gasteiger partial charge on any atom is -0.383 e. The Morgan fingerprint density at radius 3 is 2.64 bits per heavy atom. The molecule has 0 aliphatic heterocycles. The molecule has 6 nitrogen and oxygen atoms in total. The van der Waals surface area contributed by atoms with Crippen LogP contribution in [0.4, 0.5) is 17.3 Å². The fraction of sp³-hybridized carbons (Fsp3) is 0.267. The van der Waals surface area contributed by atoms with Gasteiger partial charge in [-0.2, -0.15) is 0 Å². The second kappa shape index (κ2) is 6.23. The molecule has 1 aliphatic rings. The molecule has 1 heterocycles. The second-order valence-corrected chi connectivity index (χ2v) is 6.12. The molecule has 0 unspecified atom stereocenters. The quantitative estimate of drug-likeness (QED) is 0.587. The Hall–Kier alpha value is -2.28. The zero-order valence-corrected chi connectivity index (χ0v) is 12.8. The van der Waals surface area contributed by atoms with Crippen molar-refractivity contribution in [2.24, 2.45) is 0 Å². The van der Waals surface area contributed by atoms with Gasteiger partial charge in [0.25, 0.3) is 0 Å². The Balaban J connectivity index is 1.58. The first-order valence-electron chi connectivity index (χ1n) is 7.04. The van der Waals surface area contributed by atoms with Crippen molar-refractivity contribution in [3.8, 4) is 0 Å². The van der Waals surface area contributed by atoms with E-state index in [0.29, 0.717) is 16.8 Å².